The normalized spacial score (nSPS) is 20.9. The van der Waals surface area contributed by atoms with Crippen molar-refractivity contribution in [1.82, 2.24) is 10.3 Å². The predicted octanol–water partition coefficient (Wildman–Crippen LogP) is 1.03. The lowest BCUT2D eigenvalue weighted by Gasteiger charge is -2.27. The molecule has 0 saturated carbocycles. The van der Waals surface area contributed by atoms with E-state index in [9.17, 15) is 9.59 Å². The van der Waals surface area contributed by atoms with Gasteiger partial charge in [0, 0.05) is 18.1 Å². The fourth-order valence-electron chi connectivity index (χ4n) is 2.74. The molecular formula is C15H14N2O4. The van der Waals surface area contributed by atoms with Crippen molar-refractivity contribution in [2.45, 2.75) is 12.8 Å². The minimum atomic E-state index is -0.494. The number of hydrogen-bond donors (Lipinski definition) is 1. The third kappa shape index (κ3) is 2.08. The van der Waals surface area contributed by atoms with Crippen molar-refractivity contribution in [2.24, 2.45) is 0 Å². The van der Waals surface area contributed by atoms with Crippen LogP contribution in [0.15, 0.2) is 47.1 Å². The summed E-state index contributed by atoms with van der Waals surface area (Å²) in [6.07, 6.45) is 3.25. The van der Waals surface area contributed by atoms with Crippen LogP contribution in [0.4, 0.5) is 0 Å². The van der Waals surface area contributed by atoms with Crippen LogP contribution < -0.4 is 5.32 Å². The molecule has 0 spiro atoms. The van der Waals surface area contributed by atoms with Gasteiger partial charge in [0.05, 0.1) is 29.9 Å². The third-order valence-corrected chi connectivity index (χ3v) is 3.66. The number of allylic oxidation sites excluding steroid dienone is 1. The molecule has 21 heavy (non-hydrogen) atoms. The van der Waals surface area contributed by atoms with Gasteiger partial charge in [0.25, 0.3) is 0 Å². The van der Waals surface area contributed by atoms with Gasteiger partial charge in [0.15, 0.2) is 0 Å². The van der Waals surface area contributed by atoms with Crippen LogP contribution >= 0.6 is 0 Å². The summed E-state index contributed by atoms with van der Waals surface area (Å²) >= 11 is 0. The highest BCUT2D eigenvalue weighted by Gasteiger charge is 2.41. The molecule has 0 unspecified atom stereocenters. The van der Waals surface area contributed by atoms with Gasteiger partial charge in [-0.05, 0) is 24.6 Å². The number of dihydropyridines is 1. The Hall–Kier alpha value is -2.63. The van der Waals surface area contributed by atoms with Crippen LogP contribution in [0.5, 0.6) is 0 Å². The van der Waals surface area contributed by atoms with Gasteiger partial charge in [-0.1, -0.05) is 0 Å². The number of aromatic nitrogens is 1. The Balaban J connectivity index is 2.17. The van der Waals surface area contributed by atoms with Crippen LogP contribution in [0.2, 0.25) is 0 Å². The highest BCUT2D eigenvalue weighted by molar-refractivity contribution is 6.01. The Bertz CT molecular complexity index is 676. The first-order valence-corrected chi connectivity index (χ1v) is 6.49. The zero-order valence-electron chi connectivity index (χ0n) is 11.7. The van der Waals surface area contributed by atoms with Gasteiger partial charge in [-0.3, -0.25) is 4.98 Å². The van der Waals surface area contributed by atoms with E-state index in [4.69, 9.17) is 9.47 Å². The van der Waals surface area contributed by atoms with Gasteiger partial charge in [-0.15, -0.1) is 0 Å². The summed E-state index contributed by atoms with van der Waals surface area (Å²) in [5.41, 5.74) is 3.05. The smallest absolute Gasteiger partial charge is 0.337 e. The Morgan fingerprint density at radius 1 is 1.43 bits per heavy atom. The molecule has 1 aromatic rings. The second kappa shape index (κ2) is 5.05. The van der Waals surface area contributed by atoms with E-state index in [1.807, 2.05) is 0 Å². The SMILES string of the molecule is COC(=O)C1=C(C)NC2=C(C(=O)OC2)[C@H]1c1ccncc1. The maximum Gasteiger partial charge on any atom is 0.337 e. The number of esters is 2. The van der Waals surface area contributed by atoms with Crippen LogP contribution in [0, 0.1) is 0 Å². The van der Waals surface area contributed by atoms with E-state index in [0.29, 0.717) is 22.5 Å². The average Bonchev–Trinajstić information content (AvgIpc) is 2.87. The zero-order chi connectivity index (χ0) is 15.0. The summed E-state index contributed by atoms with van der Waals surface area (Å²) in [5.74, 6) is -1.37. The third-order valence-electron chi connectivity index (χ3n) is 3.66. The van der Waals surface area contributed by atoms with E-state index in [0.717, 1.165) is 5.56 Å². The summed E-state index contributed by atoms with van der Waals surface area (Å²) in [6, 6.07) is 3.56. The molecule has 2 aliphatic rings. The van der Waals surface area contributed by atoms with Crippen molar-refractivity contribution in [3.63, 3.8) is 0 Å². The van der Waals surface area contributed by atoms with Crippen LogP contribution in [0.1, 0.15) is 18.4 Å². The zero-order valence-corrected chi connectivity index (χ0v) is 11.7. The lowest BCUT2D eigenvalue weighted by Crippen LogP contribution is -2.29. The van der Waals surface area contributed by atoms with Gasteiger partial charge < -0.3 is 14.8 Å². The van der Waals surface area contributed by atoms with Crippen LogP contribution in [-0.2, 0) is 19.1 Å². The molecular weight excluding hydrogens is 272 g/mol. The van der Waals surface area contributed by atoms with Crippen molar-refractivity contribution in [1.29, 1.82) is 0 Å². The Morgan fingerprint density at radius 3 is 2.81 bits per heavy atom. The van der Waals surface area contributed by atoms with Crippen LogP contribution in [0.3, 0.4) is 0 Å². The first-order chi connectivity index (χ1) is 10.1. The maximum absolute atomic E-state index is 12.1. The monoisotopic (exact) mass is 286 g/mol. The molecule has 3 rings (SSSR count). The topological polar surface area (TPSA) is 77.5 Å². The molecule has 0 radical (unpaired) electrons. The lowest BCUT2D eigenvalue weighted by molar-refractivity contribution is -0.136. The number of cyclic esters (lactones) is 1. The fraction of sp³-hybridized carbons (Fsp3) is 0.267. The summed E-state index contributed by atoms with van der Waals surface area (Å²) in [6.45, 7) is 1.98. The van der Waals surface area contributed by atoms with Gasteiger partial charge >= 0.3 is 11.9 Å². The highest BCUT2D eigenvalue weighted by atomic mass is 16.5. The van der Waals surface area contributed by atoms with E-state index >= 15 is 0 Å². The minimum Gasteiger partial charge on any atom is -0.466 e. The number of methoxy groups -OCH3 is 1. The van der Waals surface area contributed by atoms with Crippen molar-refractivity contribution >= 4 is 11.9 Å². The van der Waals surface area contributed by atoms with Crippen molar-refractivity contribution in [3.8, 4) is 0 Å². The molecule has 0 fully saturated rings. The molecule has 2 aliphatic heterocycles. The van der Waals surface area contributed by atoms with Crippen LogP contribution in [-0.4, -0.2) is 30.6 Å². The molecule has 6 heteroatoms. The second-order valence-electron chi connectivity index (χ2n) is 4.84. The molecule has 1 aromatic heterocycles. The van der Waals surface area contributed by atoms with Crippen LogP contribution in [0.25, 0.3) is 0 Å². The van der Waals surface area contributed by atoms with Crippen molar-refractivity contribution in [3.05, 3.63) is 52.6 Å². The largest absolute Gasteiger partial charge is 0.466 e. The number of pyridine rings is 1. The first-order valence-electron chi connectivity index (χ1n) is 6.49. The molecule has 6 nitrogen and oxygen atoms in total. The fourth-order valence-corrected chi connectivity index (χ4v) is 2.74. The quantitative estimate of drug-likeness (QED) is 0.818. The Morgan fingerprint density at radius 2 is 2.14 bits per heavy atom. The molecule has 3 heterocycles. The number of carbonyl (C=O) groups excluding carboxylic acids is 2. The molecule has 1 N–H and O–H groups in total. The maximum atomic E-state index is 12.1. The van der Waals surface area contributed by atoms with E-state index in [-0.39, 0.29) is 6.61 Å². The van der Waals surface area contributed by atoms with E-state index in [2.05, 4.69) is 10.3 Å². The molecule has 0 bridgehead atoms. The number of ether oxygens (including phenoxy) is 2. The summed E-state index contributed by atoms with van der Waals surface area (Å²) in [4.78, 5) is 28.2. The molecule has 0 saturated heterocycles. The average molecular weight is 286 g/mol. The summed E-state index contributed by atoms with van der Waals surface area (Å²) < 4.78 is 9.96. The molecule has 0 aromatic carbocycles. The van der Waals surface area contributed by atoms with Crippen molar-refractivity contribution in [2.75, 3.05) is 13.7 Å². The first kappa shape index (κ1) is 13.4. The molecule has 108 valence electrons. The number of nitrogens with zero attached hydrogens (tertiary/aromatic N) is 1. The van der Waals surface area contributed by atoms with Gasteiger partial charge in [-0.25, -0.2) is 9.59 Å². The highest BCUT2D eigenvalue weighted by Crippen LogP contribution is 2.40. The van der Waals surface area contributed by atoms with E-state index < -0.39 is 17.9 Å². The standard InChI is InChI=1S/C15H14N2O4/c1-8-11(14(18)20-2)12(9-3-5-16-6-4-9)13-10(17-8)7-21-15(13)19/h3-6,12,17H,7H2,1-2H3/t12-/m0/s1. The van der Waals surface area contributed by atoms with E-state index in [1.165, 1.54) is 7.11 Å². The molecule has 0 amide bonds. The number of rotatable bonds is 2. The minimum absolute atomic E-state index is 0.196. The van der Waals surface area contributed by atoms with Gasteiger partial charge in [-0.2, -0.15) is 0 Å². The summed E-state index contributed by atoms with van der Waals surface area (Å²) in [5, 5.41) is 3.07. The van der Waals surface area contributed by atoms with Gasteiger partial charge in [0.2, 0.25) is 0 Å². The van der Waals surface area contributed by atoms with Crippen molar-refractivity contribution < 1.29 is 19.1 Å². The lowest BCUT2D eigenvalue weighted by atomic mass is 9.81. The molecule has 1 atom stereocenters. The Kier molecular flexibility index (Phi) is 3.21. The Labute approximate surface area is 121 Å². The number of hydrogen-bond acceptors (Lipinski definition) is 6. The predicted molar refractivity (Wildman–Crippen MR) is 72.8 cm³/mol. The summed E-state index contributed by atoms with van der Waals surface area (Å²) in [7, 11) is 1.32. The number of nitrogens with one attached hydrogen (secondary N) is 1. The second-order valence-corrected chi connectivity index (χ2v) is 4.84. The van der Waals surface area contributed by atoms with E-state index in [1.54, 1.807) is 31.5 Å². The molecule has 0 aliphatic carbocycles. The van der Waals surface area contributed by atoms with Gasteiger partial charge in [0.1, 0.15) is 6.61 Å². The number of carbonyl (C=O) groups is 2.